The zero-order valence-electron chi connectivity index (χ0n) is 14.7. The maximum atomic E-state index is 9.57. The summed E-state index contributed by atoms with van der Waals surface area (Å²) >= 11 is 0. The average Bonchev–Trinajstić information content (AvgIpc) is 2.94. The van der Waals surface area contributed by atoms with E-state index in [2.05, 4.69) is 29.0 Å². The van der Waals surface area contributed by atoms with Gasteiger partial charge in [0.15, 0.2) is 0 Å². The highest BCUT2D eigenvalue weighted by Gasteiger charge is 2.21. The molecule has 0 bridgehead atoms. The average molecular weight is 328 g/mol. The minimum absolute atomic E-state index is 0.349. The van der Waals surface area contributed by atoms with Crippen LogP contribution in [0.5, 0.6) is 5.75 Å². The largest absolute Gasteiger partial charge is 0.508 e. The first-order chi connectivity index (χ1) is 11.6. The second-order valence-corrected chi connectivity index (χ2v) is 7.10. The molecule has 3 rings (SSSR count). The van der Waals surface area contributed by atoms with Gasteiger partial charge in [-0.25, -0.2) is 0 Å². The summed E-state index contributed by atoms with van der Waals surface area (Å²) in [6.07, 6.45) is 2.48. The van der Waals surface area contributed by atoms with E-state index in [9.17, 15) is 5.11 Å². The van der Waals surface area contributed by atoms with Gasteiger partial charge in [0.25, 0.3) is 0 Å². The minimum atomic E-state index is 0.349. The SMILES string of the molecule is Cc1ccc(CN2CCC(CN(C)Cc3cccc(O)c3)CC2)o1. The molecule has 0 amide bonds. The number of piperidine rings is 1. The highest BCUT2D eigenvalue weighted by Crippen LogP contribution is 2.21. The van der Waals surface area contributed by atoms with Crippen LogP contribution in [0.15, 0.2) is 40.8 Å². The fourth-order valence-electron chi connectivity index (χ4n) is 3.59. The number of furan rings is 1. The van der Waals surface area contributed by atoms with Crippen LogP contribution in [0.3, 0.4) is 0 Å². The highest BCUT2D eigenvalue weighted by molar-refractivity contribution is 5.26. The van der Waals surface area contributed by atoms with E-state index in [1.807, 2.05) is 25.1 Å². The van der Waals surface area contributed by atoms with Gasteiger partial charge in [-0.05, 0) is 75.6 Å². The van der Waals surface area contributed by atoms with Crippen LogP contribution >= 0.6 is 0 Å². The molecule has 0 aliphatic carbocycles. The molecular formula is C20H28N2O2. The summed E-state index contributed by atoms with van der Waals surface area (Å²) in [6.45, 7) is 7.22. The van der Waals surface area contributed by atoms with Crippen molar-refractivity contribution < 1.29 is 9.52 Å². The Balaban J connectivity index is 1.41. The van der Waals surface area contributed by atoms with Crippen LogP contribution in [0.2, 0.25) is 0 Å². The fraction of sp³-hybridized carbons (Fsp3) is 0.500. The number of likely N-dealkylation sites (tertiary alicyclic amines) is 1. The molecule has 0 atom stereocenters. The van der Waals surface area contributed by atoms with E-state index >= 15 is 0 Å². The second-order valence-electron chi connectivity index (χ2n) is 7.10. The van der Waals surface area contributed by atoms with Crippen molar-refractivity contribution >= 4 is 0 Å². The number of aromatic hydroxyl groups is 1. The maximum absolute atomic E-state index is 9.57. The quantitative estimate of drug-likeness (QED) is 0.879. The molecular weight excluding hydrogens is 300 g/mol. The Morgan fingerprint density at radius 1 is 1.21 bits per heavy atom. The van der Waals surface area contributed by atoms with Gasteiger partial charge in [-0.15, -0.1) is 0 Å². The lowest BCUT2D eigenvalue weighted by Crippen LogP contribution is -2.37. The predicted octanol–water partition coefficient (Wildman–Crippen LogP) is 3.64. The number of aryl methyl sites for hydroxylation is 1. The third-order valence-electron chi connectivity index (χ3n) is 4.82. The first-order valence-corrected chi connectivity index (χ1v) is 8.82. The van der Waals surface area contributed by atoms with E-state index in [4.69, 9.17) is 4.42 Å². The molecule has 0 spiro atoms. The predicted molar refractivity (Wildman–Crippen MR) is 95.9 cm³/mol. The monoisotopic (exact) mass is 328 g/mol. The van der Waals surface area contributed by atoms with Gasteiger partial charge >= 0.3 is 0 Å². The molecule has 24 heavy (non-hydrogen) atoms. The molecule has 0 saturated carbocycles. The van der Waals surface area contributed by atoms with Crippen LogP contribution in [0.4, 0.5) is 0 Å². The van der Waals surface area contributed by atoms with Crippen LogP contribution < -0.4 is 0 Å². The van der Waals surface area contributed by atoms with Crippen LogP contribution in [0, 0.1) is 12.8 Å². The van der Waals surface area contributed by atoms with Crippen molar-refractivity contribution in [2.24, 2.45) is 5.92 Å². The first kappa shape index (κ1) is 17.1. The van der Waals surface area contributed by atoms with E-state index in [0.29, 0.717) is 5.75 Å². The van der Waals surface area contributed by atoms with Crippen molar-refractivity contribution in [3.05, 3.63) is 53.5 Å². The molecule has 1 aromatic heterocycles. The number of rotatable bonds is 6. The summed E-state index contributed by atoms with van der Waals surface area (Å²) in [5, 5.41) is 9.57. The molecule has 2 aromatic rings. The normalized spacial score (nSPS) is 16.8. The topological polar surface area (TPSA) is 39.9 Å². The summed E-state index contributed by atoms with van der Waals surface area (Å²) in [5.74, 6) is 3.17. The summed E-state index contributed by atoms with van der Waals surface area (Å²) in [4.78, 5) is 4.86. The van der Waals surface area contributed by atoms with Crippen molar-refractivity contribution in [2.45, 2.75) is 32.9 Å². The molecule has 1 aliphatic rings. The molecule has 4 nitrogen and oxygen atoms in total. The number of nitrogens with zero attached hydrogens (tertiary/aromatic N) is 2. The van der Waals surface area contributed by atoms with Gasteiger partial charge in [-0.1, -0.05) is 12.1 Å². The molecule has 1 aromatic carbocycles. The van der Waals surface area contributed by atoms with E-state index in [1.54, 1.807) is 6.07 Å². The first-order valence-electron chi connectivity index (χ1n) is 8.82. The molecule has 1 aliphatic heterocycles. The molecule has 2 heterocycles. The summed E-state index contributed by atoms with van der Waals surface area (Å²) < 4.78 is 5.68. The molecule has 4 heteroatoms. The van der Waals surface area contributed by atoms with E-state index in [0.717, 1.165) is 50.2 Å². The molecule has 0 radical (unpaired) electrons. The lowest BCUT2D eigenvalue weighted by atomic mass is 9.96. The van der Waals surface area contributed by atoms with Crippen molar-refractivity contribution in [2.75, 3.05) is 26.7 Å². The number of phenolic OH excluding ortho intramolecular Hbond substituents is 1. The van der Waals surface area contributed by atoms with Crippen molar-refractivity contribution in [3.8, 4) is 5.75 Å². The van der Waals surface area contributed by atoms with Crippen molar-refractivity contribution in [1.82, 2.24) is 9.80 Å². The Morgan fingerprint density at radius 2 is 2.00 bits per heavy atom. The molecule has 1 fully saturated rings. The second kappa shape index (κ2) is 7.86. The van der Waals surface area contributed by atoms with E-state index in [-0.39, 0.29) is 0 Å². The van der Waals surface area contributed by atoms with Crippen LogP contribution in [-0.2, 0) is 13.1 Å². The number of hydrogen-bond donors (Lipinski definition) is 1. The Labute approximate surface area is 144 Å². The van der Waals surface area contributed by atoms with Gasteiger partial charge in [0, 0.05) is 13.1 Å². The maximum Gasteiger partial charge on any atom is 0.118 e. The third-order valence-corrected chi connectivity index (χ3v) is 4.82. The Kier molecular flexibility index (Phi) is 5.59. The van der Waals surface area contributed by atoms with Gasteiger partial charge in [0.1, 0.15) is 17.3 Å². The minimum Gasteiger partial charge on any atom is -0.508 e. The van der Waals surface area contributed by atoms with Crippen LogP contribution in [-0.4, -0.2) is 41.6 Å². The fourth-order valence-corrected chi connectivity index (χ4v) is 3.59. The van der Waals surface area contributed by atoms with E-state index < -0.39 is 0 Å². The molecule has 0 unspecified atom stereocenters. The van der Waals surface area contributed by atoms with E-state index in [1.165, 1.54) is 18.4 Å². The molecule has 130 valence electrons. The number of phenols is 1. The third kappa shape index (κ3) is 4.86. The van der Waals surface area contributed by atoms with Gasteiger partial charge in [-0.2, -0.15) is 0 Å². The Morgan fingerprint density at radius 3 is 2.67 bits per heavy atom. The zero-order chi connectivity index (χ0) is 16.9. The van der Waals surface area contributed by atoms with Crippen molar-refractivity contribution in [3.63, 3.8) is 0 Å². The van der Waals surface area contributed by atoms with Gasteiger partial charge in [0.2, 0.25) is 0 Å². The van der Waals surface area contributed by atoms with Gasteiger partial charge in [-0.3, -0.25) is 4.90 Å². The number of benzene rings is 1. The van der Waals surface area contributed by atoms with Gasteiger partial charge in [0.05, 0.1) is 6.54 Å². The summed E-state index contributed by atoms with van der Waals surface area (Å²) in [5.41, 5.74) is 1.17. The van der Waals surface area contributed by atoms with Crippen LogP contribution in [0.25, 0.3) is 0 Å². The standard InChI is InChI=1S/C20H28N2O2/c1-16-6-7-20(24-16)15-22-10-8-17(9-11-22)13-21(2)14-18-4-3-5-19(23)12-18/h3-7,12,17,23H,8-11,13-15H2,1-2H3. The smallest absolute Gasteiger partial charge is 0.118 e. The van der Waals surface area contributed by atoms with Crippen LogP contribution in [0.1, 0.15) is 29.9 Å². The summed E-state index contributed by atoms with van der Waals surface area (Å²) in [6, 6.07) is 11.7. The number of hydrogen-bond acceptors (Lipinski definition) is 4. The van der Waals surface area contributed by atoms with Crippen molar-refractivity contribution in [1.29, 1.82) is 0 Å². The Hall–Kier alpha value is -1.78. The molecule has 1 N–H and O–H groups in total. The highest BCUT2D eigenvalue weighted by atomic mass is 16.3. The Bertz CT molecular complexity index is 645. The lowest BCUT2D eigenvalue weighted by Gasteiger charge is -2.33. The lowest BCUT2D eigenvalue weighted by molar-refractivity contribution is 0.140. The summed E-state index contributed by atoms with van der Waals surface area (Å²) in [7, 11) is 2.17. The van der Waals surface area contributed by atoms with Gasteiger partial charge < -0.3 is 14.4 Å². The zero-order valence-corrected chi connectivity index (χ0v) is 14.7. The molecule has 1 saturated heterocycles.